The van der Waals surface area contributed by atoms with Crippen LogP contribution >= 0.6 is 0 Å². The molecule has 0 unspecified atom stereocenters. The van der Waals surface area contributed by atoms with Crippen molar-refractivity contribution >= 4 is 10.0 Å². The van der Waals surface area contributed by atoms with E-state index in [1.165, 1.54) is 19.2 Å². The predicted octanol–water partition coefficient (Wildman–Crippen LogP) is 2.96. The van der Waals surface area contributed by atoms with Crippen LogP contribution in [-0.4, -0.2) is 43.6 Å². The van der Waals surface area contributed by atoms with E-state index in [2.05, 4.69) is 10.1 Å². The van der Waals surface area contributed by atoms with Gasteiger partial charge in [-0.05, 0) is 43.3 Å². The Kier molecular flexibility index (Phi) is 5.96. The monoisotopic (exact) mass is 403 g/mol. The summed E-state index contributed by atoms with van der Waals surface area (Å²) in [5.74, 6) is 1.83. The van der Waals surface area contributed by atoms with Crippen LogP contribution in [0.3, 0.4) is 0 Å². The molecule has 0 saturated carbocycles. The van der Waals surface area contributed by atoms with Crippen LogP contribution in [0.1, 0.15) is 12.8 Å². The molecule has 0 saturated heterocycles. The Morgan fingerprint density at radius 3 is 2.54 bits per heavy atom. The molecule has 9 heteroatoms. The lowest BCUT2D eigenvalue weighted by Gasteiger charge is -2.15. The summed E-state index contributed by atoms with van der Waals surface area (Å²) in [5, 5.41) is 3.92. The molecule has 0 bridgehead atoms. The highest BCUT2D eigenvalue weighted by Gasteiger charge is 2.23. The van der Waals surface area contributed by atoms with Gasteiger partial charge < -0.3 is 14.0 Å². The quantitative estimate of drug-likeness (QED) is 0.571. The first-order chi connectivity index (χ1) is 13.4. The van der Waals surface area contributed by atoms with E-state index < -0.39 is 10.0 Å². The average molecular weight is 403 g/mol. The Morgan fingerprint density at radius 2 is 1.86 bits per heavy atom. The van der Waals surface area contributed by atoms with Gasteiger partial charge in [0.1, 0.15) is 11.5 Å². The molecule has 3 rings (SSSR count). The van der Waals surface area contributed by atoms with Gasteiger partial charge in [0, 0.05) is 12.6 Å². The van der Waals surface area contributed by atoms with Crippen LogP contribution < -0.4 is 9.47 Å². The van der Waals surface area contributed by atoms with Crippen LogP contribution in [0.4, 0.5) is 0 Å². The minimum atomic E-state index is -3.70. The Hall–Kier alpha value is -2.91. The number of hydrogen-bond donors (Lipinski definition) is 0. The van der Waals surface area contributed by atoms with Gasteiger partial charge in [0.2, 0.25) is 21.7 Å². The average Bonchev–Trinajstić information content (AvgIpc) is 3.17. The molecule has 8 nitrogen and oxygen atoms in total. The van der Waals surface area contributed by atoms with Crippen LogP contribution in [0.15, 0.2) is 57.9 Å². The van der Waals surface area contributed by atoms with Crippen molar-refractivity contribution in [2.75, 3.05) is 20.8 Å². The van der Waals surface area contributed by atoms with E-state index in [1.807, 2.05) is 25.1 Å². The first-order valence-electron chi connectivity index (χ1n) is 8.60. The summed E-state index contributed by atoms with van der Waals surface area (Å²) in [7, 11) is -0.674. The van der Waals surface area contributed by atoms with Crippen molar-refractivity contribution in [2.45, 2.75) is 18.4 Å². The first kappa shape index (κ1) is 19.8. The Bertz CT molecular complexity index is 1030. The second-order valence-electron chi connectivity index (χ2n) is 5.91. The van der Waals surface area contributed by atoms with Crippen molar-refractivity contribution in [3.05, 3.63) is 54.4 Å². The third-order valence-corrected chi connectivity index (χ3v) is 5.81. The maximum Gasteiger partial charge on any atom is 0.243 e. The smallest absolute Gasteiger partial charge is 0.243 e. The van der Waals surface area contributed by atoms with E-state index in [-0.39, 0.29) is 17.3 Å². The van der Waals surface area contributed by atoms with E-state index in [0.717, 1.165) is 4.31 Å². The van der Waals surface area contributed by atoms with Crippen molar-refractivity contribution in [3.63, 3.8) is 0 Å². The molecule has 1 heterocycles. The highest BCUT2D eigenvalue weighted by Crippen LogP contribution is 2.23. The molecule has 0 aliphatic rings. The van der Waals surface area contributed by atoms with Gasteiger partial charge in [-0.2, -0.15) is 9.29 Å². The number of hydrogen-bond acceptors (Lipinski definition) is 7. The van der Waals surface area contributed by atoms with Gasteiger partial charge in [0.25, 0.3) is 0 Å². The Labute approximate surface area is 163 Å². The molecule has 28 heavy (non-hydrogen) atoms. The molecular weight excluding hydrogens is 382 g/mol. The summed E-state index contributed by atoms with van der Waals surface area (Å²) in [6.07, 6.45) is 0. The van der Waals surface area contributed by atoms with Gasteiger partial charge in [0.15, 0.2) is 0 Å². The summed E-state index contributed by atoms with van der Waals surface area (Å²) < 4.78 is 42.4. The van der Waals surface area contributed by atoms with Crippen molar-refractivity contribution in [3.8, 4) is 22.9 Å². The van der Waals surface area contributed by atoms with E-state index in [0.29, 0.717) is 29.5 Å². The summed E-state index contributed by atoms with van der Waals surface area (Å²) in [6, 6.07) is 13.5. The summed E-state index contributed by atoms with van der Waals surface area (Å²) >= 11 is 0. The largest absolute Gasteiger partial charge is 0.497 e. The van der Waals surface area contributed by atoms with Crippen molar-refractivity contribution in [1.29, 1.82) is 0 Å². The number of rotatable bonds is 8. The zero-order chi connectivity index (χ0) is 20.1. The maximum atomic E-state index is 12.7. The molecule has 0 amide bonds. The molecule has 0 N–H and O–H groups in total. The van der Waals surface area contributed by atoms with Gasteiger partial charge in [-0.1, -0.05) is 17.3 Å². The fourth-order valence-electron chi connectivity index (χ4n) is 2.53. The minimum Gasteiger partial charge on any atom is -0.497 e. The molecule has 148 valence electrons. The minimum absolute atomic E-state index is 0.0491. The molecule has 0 radical (unpaired) electrons. The molecule has 0 spiro atoms. The Balaban J connectivity index is 1.75. The third-order valence-electron chi connectivity index (χ3n) is 4.00. The standard InChI is InChI=1S/C19H21N3O5S/c1-4-26-15-8-10-17(11-9-15)28(23,24)22(2)13-18-20-19(21-27-18)14-6-5-7-16(12-14)25-3/h5-12H,4,13H2,1-3H3. The number of aromatic nitrogens is 2. The van der Waals surface area contributed by atoms with Crippen LogP contribution in [0, 0.1) is 0 Å². The summed E-state index contributed by atoms with van der Waals surface area (Å²) in [5.41, 5.74) is 0.714. The molecular formula is C19H21N3O5S. The van der Waals surface area contributed by atoms with Crippen LogP contribution in [-0.2, 0) is 16.6 Å². The van der Waals surface area contributed by atoms with Crippen LogP contribution in [0.25, 0.3) is 11.4 Å². The number of methoxy groups -OCH3 is 1. The number of nitrogens with zero attached hydrogens (tertiary/aromatic N) is 3. The van der Waals surface area contributed by atoms with E-state index in [9.17, 15) is 8.42 Å². The van der Waals surface area contributed by atoms with Gasteiger partial charge in [-0.3, -0.25) is 0 Å². The van der Waals surface area contributed by atoms with Crippen molar-refractivity contribution < 1.29 is 22.4 Å². The molecule has 0 aliphatic heterocycles. The fraction of sp³-hybridized carbons (Fsp3) is 0.263. The molecule has 0 atom stereocenters. The predicted molar refractivity (Wildman–Crippen MR) is 103 cm³/mol. The zero-order valence-electron chi connectivity index (χ0n) is 15.8. The van der Waals surface area contributed by atoms with E-state index in [4.69, 9.17) is 14.0 Å². The lowest BCUT2D eigenvalue weighted by molar-refractivity contribution is 0.336. The Morgan fingerprint density at radius 1 is 1.11 bits per heavy atom. The number of ether oxygens (including phenoxy) is 2. The van der Waals surface area contributed by atoms with E-state index >= 15 is 0 Å². The second-order valence-corrected chi connectivity index (χ2v) is 7.95. The van der Waals surface area contributed by atoms with Gasteiger partial charge >= 0.3 is 0 Å². The normalized spacial score (nSPS) is 11.6. The molecule has 3 aromatic rings. The third kappa shape index (κ3) is 4.32. The SMILES string of the molecule is CCOc1ccc(S(=O)(=O)N(C)Cc2nc(-c3cccc(OC)c3)no2)cc1. The fourth-order valence-corrected chi connectivity index (χ4v) is 3.65. The van der Waals surface area contributed by atoms with Crippen LogP contribution in [0.2, 0.25) is 0 Å². The van der Waals surface area contributed by atoms with Crippen LogP contribution in [0.5, 0.6) is 11.5 Å². The molecule has 0 fully saturated rings. The zero-order valence-corrected chi connectivity index (χ0v) is 16.6. The summed E-state index contributed by atoms with van der Waals surface area (Å²) in [4.78, 5) is 4.44. The maximum absolute atomic E-state index is 12.7. The van der Waals surface area contributed by atoms with Gasteiger partial charge in [0.05, 0.1) is 25.2 Å². The topological polar surface area (TPSA) is 94.8 Å². The number of benzene rings is 2. The van der Waals surface area contributed by atoms with Gasteiger partial charge in [-0.15, -0.1) is 0 Å². The second kappa shape index (κ2) is 8.41. The molecule has 0 aliphatic carbocycles. The van der Waals surface area contributed by atoms with Crippen molar-refractivity contribution in [2.24, 2.45) is 0 Å². The lowest BCUT2D eigenvalue weighted by Crippen LogP contribution is -2.26. The highest BCUT2D eigenvalue weighted by molar-refractivity contribution is 7.89. The molecule has 1 aromatic heterocycles. The van der Waals surface area contributed by atoms with E-state index in [1.54, 1.807) is 25.3 Å². The number of sulfonamides is 1. The van der Waals surface area contributed by atoms with Crippen molar-refractivity contribution in [1.82, 2.24) is 14.4 Å². The summed E-state index contributed by atoms with van der Waals surface area (Å²) in [6.45, 7) is 2.33. The lowest BCUT2D eigenvalue weighted by atomic mass is 10.2. The first-order valence-corrected chi connectivity index (χ1v) is 10.0. The van der Waals surface area contributed by atoms with Gasteiger partial charge in [-0.25, -0.2) is 8.42 Å². The molecule has 2 aromatic carbocycles. The highest BCUT2D eigenvalue weighted by atomic mass is 32.2.